The van der Waals surface area contributed by atoms with Gasteiger partial charge in [0.15, 0.2) is 0 Å². The summed E-state index contributed by atoms with van der Waals surface area (Å²) in [6.07, 6.45) is 10.2. The van der Waals surface area contributed by atoms with Crippen molar-refractivity contribution in [2.45, 2.75) is 74.1 Å². The second-order valence-electron chi connectivity index (χ2n) is 10.4. The molecule has 3 heterocycles. The third kappa shape index (κ3) is 27.3. The van der Waals surface area contributed by atoms with Crippen LogP contribution in [0.5, 0.6) is 0 Å². The molecule has 0 radical (unpaired) electrons. The molecule has 51 heavy (non-hydrogen) atoms. The highest BCUT2D eigenvalue weighted by molar-refractivity contribution is 5.59. The lowest BCUT2D eigenvalue weighted by molar-refractivity contribution is 0.202. The van der Waals surface area contributed by atoms with E-state index in [9.17, 15) is 0 Å². The Balaban J connectivity index is 0. The van der Waals surface area contributed by atoms with Gasteiger partial charge in [-0.1, -0.05) is 56.3 Å². The van der Waals surface area contributed by atoms with E-state index in [2.05, 4.69) is 85.3 Å². The fourth-order valence-corrected chi connectivity index (χ4v) is 4.09. The minimum absolute atomic E-state index is 0.755. The highest BCUT2D eigenvalue weighted by atomic mass is 16.5. The number of allylic oxidation sites excluding steroid dienone is 1. The van der Waals surface area contributed by atoms with Crippen LogP contribution < -0.4 is 11.1 Å². The van der Waals surface area contributed by atoms with Crippen LogP contribution in [-0.2, 0) is 42.1 Å². The average molecular weight is 702 g/mol. The van der Waals surface area contributed by atoms with Crippen LogP contribution in [0.4, 0.5) is 0 Å². The minimum atomic E-state index is 0.755. The summed E-state index contributed by atoms with van der Waals surface area (Å²) in [5.74, 6) is 0. The molecule has 0 amide bonds. The molecule has 0 spiro atoms. The standard InChI is InChI=1S/C21H29N3O.C12H13N3.C3H8O.C3H6.C2H6.CH5N/c1-4-22-12-13-24(17-21-7-5-6-11-23-21)16-19-9-8-18(2)20(15-19)10-14-25-3;1-3-7-14-11(5-1)9-13-10-12-6-2-4-8-15-12;1-3-4-2;1-3-2;2*1-2/h5-9,11-12,15H,4,10,13-14,16-17H2,1-3H3;1-8,13H,9-10H2;3H2,1-2H3;3H,1H2,2H3;1-2H3;2H2,1H3. The van der Waals surface area contributed by atoms with E-state index in [-0.39, 0.29) is 0 Å². The molecular formula is C42H67N7O2. The number of aryl methyl sites for hydroxylation is 1. The van der Waals surface area contributed by atoms with Crippen molar-refractivity contribution in [1.29, 1.82) is 0 Å². The Hall–Kier alpha value is -4.12. The molecule has 282 valence electrons. The number of aliphatic imine (C=N–C) groups is 1. The van der Waals surface area contributed by atoms with Gasteiger partial charge in [0, 0.05) is 84.9 Å². The van der Waals surface area contributed by atoms with Gasteiger partial charge in [-0.05, 0) is 94.3 Å². The maximum Gasteiger partial charge on any atom is 0.0544 e. The Bertz CT molecular complexity index is 1280. The summed E-state index contributed by atoms with van der Waals surface area (Å²) in [5.41, 5.74) is 11.7. The van der Waals surface area contributed by atoms with Crippen LogP contribution in [0.1, 0.15) is 68.4 Å². The van der Waals surface area contributed by atoms with Crippen molar-refractivity contribution in [3.8, 4) is 0 Å². The average Bonchev–Trinajstić information content (AvgIpc) is 3.18. The first-order chi connectivity index (χ1) is 25.0. The van der Waals surface area contributed by atoms with Gasteiger partial charge < -0.3 is 20.5 Å². The zero-order valence-corrected chi connectivity index (χ0v) is 33.0. The van der Waals surface area contributed by atoms with Crippen molar-refractivity contribution in [1.82, 2.24) is 25.2 Å². The highest BCUT2D eigenvalue weighted by Gasteiger charge is 2.09. The molecule has 9 nitrogen and oxygen atoms in total. The topological polar surface area (TPSA) is 111 Å². The largest absolute Gasteiger partial charge is 0.385 e. The predicted molar refractivity (Wildman–Crippen MR) is 218 cm³/mol. The molecule has 0 unspecified atom stereocenters. The normalized spacial score (nSPS) is 9.71. The van der Waals surface area contributed by atoms with E-state index in [1.807, 2.05) is 88.6 Å². The molecule has 0 aliphatic carbocycles. The monoisotopic (exact) mass is 702 g/mol. The molecular weight excluding hydrogens is 635 g/mol. The van der Waals surface area contributed by atoms with Gasteiger partial charge in [0.1, 0.15) is 0 Å². The van der Waals surface area contributed by atoms with E-state index in [1.54, 1.807) is 32.7 Å². The summed E-state index contributed by atoms with van der Waals surface area (Å²) in [6, 6.07) is 24.6. The lowest BCUT2D eigenvalue weighted by Crippen LogP contribution is -2.25. The lowest BCUT2D eigenvalue weighted by atomic mass is 10.0. The molecule has 0 aliphatic rings. The number of nitrogens with one attached hydrogen (secondary N) is 1. The first-order valence-corrected chi connectivity index (χ1v) is 17.8. The van der Waals surface area contributed by atoms with E-state index in [0.29, 0.717) is 0 Å². The molecule has 0 saturated heterocycles. The molecule has 3 N–H and O–H groups in total. The minimum Gasteiger partial charge on any atom is -0.385 e. The molecule has 4 aromatic rings. The van der Waals surface area contributed by atoms with E-state index < -0.39 is 0 Å². The third-order valence-corrected chi connectivity index (χ3v) is 6.51. The van der Waals surface area contributed by atoms with Crippen molar-refractivity contribution in [3.63, 3.8) is 0 Å². The SMILES string of the molecule is C=CC.CC.CCN=CCN(Cc1ccc(C)c(CCOC)c1)Cc1ccccn1.CCOC.CN.c1ccc(CNCc2ccccn2)nc1. The van der Waals surface area contributed by atoms with Crippen LogP contribution in [-0.4, -0.2) is 73.6 Å². The van der Waals surface area contributed by atoms with Gasteiger partial charge in [-0.3, -0.25) is 24.8 Å². The fourth-order valence-electron chi connectivity index (χ4n) is 4.09. The fraction of sp³-hybridized carbons (Fsp3) is 0.429. The third-order valence-electron chi connectivity index (χ3n) is 6.51. The number of hydrogen-bond donors (Lipinski definition) is 2. The number of nitrogens with zero attached hydrogens (tertiary/aromatic N) is 5. The molecule has 0 aliphatic heterocycles. The van der Waals surface area contributed by atoms with Gasteiger partial charge in [0.05, 0.1) is 23.7 Å². The molecule has 4 rings (SSSR count). The predicted octanol–water partition coefficient (Wildman–Crippen LogP) is 7.88. The summed E-state index contributed by atoms with van der Waals surface area (Å²) in [5, 5.41) is 3.29. The zero-order valence-electron chi connectivity index (χ0n) is 33.0. The summed E-state index contributed by atoms with van der Waals surface area (Å²) in [6.45, 7) is 21.9. The van der Waals surface area contributed by atoms with Gasteiger partial charge in [-0.15, -0.1) is 6.58 Å². The number of nitrogens with two attached hydrogens (primary N) is 1. The smallest absolute Gasteiger partial charge is 0.0544 e. The van der Waals surface area contributed by atoms with E-state index in [0.717, 1.165) is 76.0 Å². The number of hydrogen-bond acceptors (Lipinski definition) is 9. The molecule has 0 saturated carbocycles. The van der Waals surface area contributed by atoms with Crippen molar-refractivity contribution in [2.24, 2.45) is 10.7 Å². The van der Waals surface area contributed by atoms with Crippen LogP contribution in [0.25, 0.3) is 0 Å². The number of aromatic nitrogens is 3. The van der Waals surface area contributed by atoms with Gasteiger partial charge in [0.2, 0.25) is 0 Å². The molecule has 1 aromatic carbocycles. The van der Waals surface area contributed by atoms with Crippen LogP contribution >= 0.6 is 0 Å². The van der Waals surface area contributed by atoms with Crippen molar-refractivity contribution in [2.75, 3.05) is 47.6 Å². The number of benzene rings is 1. The van der Waals surface area contributed by atoms with Crippen molar-refractivity contribution >= 4 is 6.21 Å². The molecule has 9 heteroatoms. The second kappa shape index (κ2) is 37.1. The highest BCUT2D eigenvalue weighted by Crippen LogP contribution is 2.15. The van der Waals surface area contributed by atoms with Gasteiger partial charge in [-0.25, -0.2) is 0 Å². The van der Waals surface area contributed by atoms with Crippen molar-refractivity contribution in [3.05, 3.63) is 138 Å². The van der Waals surface area contributed by atoms with Crippen LogP contribution in [0.3, 0.4) is 0 Å². The molecule has 3 aromatic heterocycles. The van der Waals surface area contributed by atoms with Crippen LogP contribution in [0.15, 0.2) is 109 Å². The quantitative estimate of drug-likeness (QED) is 0.0952. The first kappa shape index (κ1) is 49.0. The molecule has 0 atom stereocenters. The number of pyridine rings is 3. The van der Waals surface area contributed by atoms with Gasteiger partial charge in [0.25, 0.3) is 0 Å². The van der Waals surface area contributed by atoms with Crippen LogP contribution in [0, 0.1) is 6.92 Å². The van der Waals surface area contributed by atoms with Crippen LogP contribution in [0.2, 0.25) is 0 Å². The Morgan fingerprint density at radius 3 is 1.75 bits per heavy atom. The van der Waals surface area contributed by atoms with Crippen molar-refractivity contribution < 1.29 is 9.47 Å². The number of ether oxygens (including phenoxy) is 2. The lowest BCUT2D eigenvalue weighted by Gasteiger charge is -2.21. The molecule has 0 bridgehead atoms. The Morgan fingerprint density at radius 1 is 0.804 bits per heavy atom. The first-order valence-electron chi connectivity index (χ1n) is 17.8. The zero-order chi connectivity index (χ0) is 38.4. The molecule has 0 fully saturated rings. The number of methoxy groups -OCH3 is 2. The Kier molecular flexibility index (Phi) is 35.7. The van der Waals surface area contributed by atoms with E-state index >= 15 is 0 Å². The summed E-state index contributed by atoms with van der Waals surface area (Å²) >= 11 is 0. The Morgan fingerprint density at radius 2 is 1.31 bits per heavy atom. The second-order valence-corrected chi connectivity index (χ2v) is 10.4. The summed E-state index contributed by atoms with van der Waals surface area (Å²) < 4.78 is 9.77. The Labute approximate surface area is 310 Å². The maximum absolute atomic E-state index is 5.23. The summed E-state index contributed by atoms with van der Waals surface area (Å²) in [7, 11) is 4.93. The van der Waals surface area contributed by atoms with E-state index in [1.165, 1.54) is 23.7 Å². The summed E-state index contributed by atoms with van der Waals surface area (Å²) in [4.78, 5) is 19.6. The van der Waals surface area contributed by atoms with Gasteiger partial charge >= 0.3 is 0 Å². The number of rotatable bonds is 15. The van der Waals surface area contributed by atoms with Gasteiger partial charge in [-0.2, -0.15) is 0 Å². The van der Waals surface area contributed by atoms with E-state index in [4.69, 9.17) is 4.74 Å². The maximum atomic E-state index is 5.23.